The molecule has 2 N–H and O–H groups in total. The number of nitro groups is 1. The number of hydrogen-bond donors (Lipinski definition) is 2. The van der Waals surface area contributed by atoms with Gasteiger partial charge in [-0.15, -0.1) is 0 Å². The maximum absolute atomic E-state index is 12.3. The molecule has 0 heterocycles. The van der Waals surface area contributed by atoms with Gasteiger partial charge in [0.15, 0.2) is 0 Å². The average Bonchev–Trinajstić information content (AvgIpc) is 2.59. The number of non-ortho nitro benzene ring substituents is 1. The summed E-state index contributed by atoms with van der Waals surface area (Å²) >= 11 is 3.20. The van der Waals surface area contributed by atoms with Crippen LogP contribution in [0.2, 0.25) is 0 Å². The summed E-state index contributed by atoms with van der Waals surface area (Å²) in [4.78, 5) is 36.3. The molecule has 0 aliphatic carbocycles. The Bertz CT molecular complexity index is 897. The zero-order valence-electron chi connectivity index (χ0n) is 15.8. The quantitative estimate of drug-likeness (QED) is 0.498. The SMILES string of the molecule is Cc1cccc(C)c1NC(=O)CN(C)CC(=O)Nc1ccc([N+](=O)[O-])cc1Br. The predicted molar refractivity (Wildman–Crippen MR) is 111 cm³/mol. The lowest BCUT2D eigenvalue weighted by Crippen LogP contribution is -2.36. The Balaban J connectivity index is 1.90. The van der Waals surface area contributed by atoms with Crippen LogP contribution in [-0.4, -0.2) is 41.8 Å². The molecule has 0 saturated heterocycles. The maximum atomic E-state index is 12.3. The van der Waals surface area contributed by atoms with Crippen molar-refractivity contribution in [3.63, 3.8) is 0 Å². The number of nitrogens with zero attached hydrogens (tertiary/aromatic N) is 2. The van der Waals surface area contributed by atoms with Gasteiger partial charge in [-0.2, -0.15) is 0 Å². The normalized spacial score (nSPS) is 10.6. The first-order valence-electron chi connectivity index (χ1n) is 8.45. The molecule has 0 aromatic heterocycles. The van der Waals surface area contributed by atoms with Crippen molar-refractivity contribution < 1.29 is 14.5 Å². The number of halogens is 1. The number of hydrogen-bond acceptors (Lipinski definition) is 5. The van der Waals surface area contributed by atoms with E-state index in [4.69, 9.17) is 0 Å². The number of nitrogens with one attached hydrogen (secondary N) is 2. The van der Waals surface area contributed by atoms with Gasteiger partial charge in [-0.3, -0.25) is 24.6 Å². The Morgan fingerprint density at radius 1 is 1.07 bits per heavy atom. The third kappa shape index (κ3) is 5.86. The number of anilines is 2. The van der Waals surface area contributed by atoms with Crippen molar-refractivity contribution in [3.05, 3.63) is 62.1 Å². The van der Waals surface area contributed by atoms with Crippen LogP contribution >= 0.6 is 15.9 Å². The smallest absolute Gasteiger partial charge is 0.270 e. The lowest BCUT2D eigenvalue weighted by atomic mass is 10.1. The number of carbonyl (C=O) groups is 2. The van der Waals surface area contributed by atoms with Crippen molar-refractivity contribution in [1.29, 1.82) is 0 Å². The minimum atomic E-state index is -0.515. The lowest BCUT2D eigenvalue weighted by molar-refractivity contribution is -0.384. The lowest BCUT2D eigenvalue weighted by Gasteiger charge is -2.17. The molecule has 0 saturated carbocycles. The van der Waals surface area contributed by atoms with Crippen molar-refractivity contribution in [2.24, 2.45) is 0 Å². The van der Waals surface area contributed by atoms with E-state index in [1.54, 1.807) is 11.9 Å². The van der Waals surface area contributed by atoms with Gasteiger partial charge < -0.3 is 10.6 Å². The molecule has 0 bridgehead atoms. The molecule has 0 unspecified atom stereocenters. The number of nitro benzene ring substituents is 1. The van der Waals surface area contributed by atoms with Gasteiger partial charge in [-0.25, -0.2) is 0 Å². The molecule has 9 heteroatoms. The monoisotopic (exact) mass is 448 g/mol. The molecule has 148 valence electrons. The van der Waals surface area contributed by atoms with Gasteiger partial charge in [0, 0.05) is 22.3 Å². The topological polar surface area (TPSA) is 105 Å². The summed E-state index contributed by atoms with van der Waals surface area (Å²) in [7, 11) is 1.66. The van der Waals surface area contributed by atoms with Crippen LogP contribution < -0.4 is 10.6 Å². The zero-order chi connectivity index (χ0) is 20.8. The average molecular weight is 449 g/mol. The Labute approximate surface area is 171 Å². The second-order valence-corrected chi connectivity index (χ2v) is 7.31. The van der Waals surface area contributed by atoms with E-state index in [1.807, 2.05) is 32.0 Å². The first kappa shape index (κ1) is 21.5. The van der Waals surface area contributed by atoms with Gasteiger partial charge in [-0.1, -0.05) is 18.2 Å². The standard InChI is InChI=1S/C19H21BrN4O4/c1-12-5-4-6-13(2)19(12)22-18(26)11-23(3)10-17(25)21-16-8-7-14(24(27)28)9-15(16)20/h4-9H,10-11H2,1-3H3,(H,21,25)(H,22,26). The Hall–Kier alpha value is -2.78. The highest BCUT2D eigenvalue weighted by atomic mass is 79.9. The molecule has 0 aliphatic heterocycles. The van der Waals surface area contributed by atoms with Crippen LogP contribution in [0.3, 0.4) is 0 Å². The third-order valence-corrected chi connectivity index (χ3v) is 4.67. The van der Waals surface area contributed by atoms with Crippen molar-refractivity contribution in [2.75, 3.05) is 30.8 Å². The molecule has 2 amide bonds. The number of likely N-dealkylation sites (N-methyl/N-ethyl adjacent to an activating group) is 1. The Morgan fingerprint density at radius 2 is 1.64 bits per heavy atom. The van der Waals surface area contributed by atoms with E-state index >= 15 is 0 Å². The number of rotatable bonds is 7. The predicted octanol–water partition coefficient (Wildman–Crippen LogP) is 3.48. The zero-order valence-corrected chi connectivity index (χ0v) is 17.4. The molecule has 28 heavy (non-hydrogen) atoms. The van der Waals surface area contributed by atoms with Gasteiger partial charge in [0.1, 0.15) is 0 Å². The van der Waals surface area contributed by atoms with Crippen molar-refractivity contribution in [3.8, 4) is 0 Å². The summed E-state index contributed by atoms with van der Waals surface area (Å²) in [6, 6.07) is 9.84. The van der Waals surface area contributed by atoms with E-state index in [2.05, 4.69) is 26.6 Å². The largest absolute Gasteiger partial charge is 0.324 e. The van der Waals surface area contributed by atoms with Crippen LogP contribution in [0.5, 0.6) is 0 Å². The van der Waals surface area contributed by atoms with E-state index in [-0.39, 0.29) is 30.6 Å². The minimum absolute atomic E-state index is 0.0103. The molecule has 2 rings (SSSR count). The van der Waals surface area contributed by atoms with Crippen LogP contribution in [0, 0.1) is 24.0 Å². The van der Waals surface area contributed by atoms with Gasteiger partial charge in [0.25, 0.3) is 5.69 Å². The molecule has 0 aliphatic rings. The minimum Gasteiger partial charge on any atom is -0.324 e. The molecular weight excluding hydrogens is 428 g/mol. The van der Waals surface area contributed by atoms with Crippen LogP contribution in [0.4, 0.5) is 17.1 Å². The van der Waals surface area contributed by atoms with E-state index in [1.165, 1.54) is 18.2 Å². The molecule has 8 nitrogen and oxygen atoms in total. The number of amides is 2. The number of carbonyl (C=O) groups excluding carboxylic acids is 2. The van der Waals surface area contributed by atoms with Crippen molar-refractivity contribution >= 4 is 44.8 Å². The highest BCUT2D eigenvalue weighted by molar-refractivity contribution is 9.10. The van der Waals surface area contributed by atoms with Crippen molar-refractivity contribution in [1.82, 2.24) is 4.90 Å². The fourth-order valence-electron chi connectivity index (χ4n) is 2.65. The summed E-state index contributed by atoms with van der Waals surface area (Å²) < 4.78 is 0.408. The first-order chi connectivity index (χ1) is 13.2. The van der Waals surface area contributed by atoms with E-state index < -0.39 is 4.92 Å². The molecular formula is C19H21BrN4O4. The van der Waals surface area contributed by atoms with Gasteiger partial charge in [-0.05, 0) is 54.0 Å². The molecule has 2 aromatic rings. The summed E-state index contributed by atoms with van der Waals surface area (Å²) in [5, 5.41) is 16.3. The second-order valence-electron chi connectivity index (χ2n) is 6.46. The van der Waals surface area contributed by atoms with Crippen LogP contribution in [-0.2, 0) is 9.59 Å². The Morgan fingerprint density at radius 3 is 2.18 bits per heavy atom. The summed E-state index contributed by atoms with van der Waals surface area (Å²) in [6.45, 7) is 3.87. The van der Waals surface area contributed by atoms with Gasteiger partial charge in [0.05, 0.1) is 23.7 Å². The molecule has 0 atom stereocenters. The van der Waals surface area contributed by atoms with Gasteiger partial charge in [0.2, 0.25) is 11.8 Å². The fourth-order valence-corrected chi connectivity index (χ4v) is 3.11. The maximum Gasteiger partial charge on any atom is 0.270 e. The van der Waals surface area contributed by atoms with Crippen LogP contribution in [0.25, 0.3) is 0 Å². The third-order valence-electron chi connectivity index (χ3n) is 4.01. The van der Waals surface area contributed by atoms with E-state index in [9.17, 15) is 19.7 Å². The van der Waals surface area contributed by atoms with Crippen molar-refractivity contribution in [2.45, 2.75) is 13.8 Å². The second kappa shape index (κ2) is 9.43. The number of aryl methyl sites for hydroxylation is 2. The number of para-hydroxylation sites is 1. The van der Waals surface area contributed by atoms with Crippen LogP contribution in [0.15, 0.2) is 40.9 Å². The van der Waals surface area contributed by atoms with Gasteiger partial charge >= 0.3 is 0 Å². The van der Waals surface area contributed by atoms with E-state index in [0.717, 1.165) is 16.8 Å². The summed E-state index contributed by atoms with van der Waals surface area (Å²) in [5.74, 6) is -0.554. The fraction of sp³-hybridized carbons (Fsp3) is 0.263. The first-order valence-corrected chi connectivity index (χ1v) is 9.25. The summed E-state index contributed by atoms with van der Waals surface area (Å²) in [6.07, 6.45) is 0. The van der Waals surface area contributed by atoms with E-state index in [0.29, 0.717) is 10.2 Å². The Kier molecular flexibility index (Phi) is 7.24. The molecule has 0 radical (unpaired) electrons. The highest BCUT2D eigenvalue weighted by Crippen LogP contribution is 2.27. The highest BCUT2D eigenvalue weighted by Gasteiger charge is 2.15. The molecule has 0 spiro atoms. The summed E-state index contributed by atoms with van der Waals surface area (Å²) in [5.41, 5.74) is 3.06. The number of benzene rings is 2. The van der Waals surface area contributed by atoms with Crippen LogP contribution in [0.1, 0.15) is 11.1 Å². The molecule has 2 aromatic carbocycles. The molecule has 0 fully saturated rings.